The maximum absolute atomic E-state index is 10.1. The average Bonchev–Trinajstić information content (AvgIpc) is 2.29. The van der Waals surface area contributed by atoms with Gasteiger partial charge in [-0.3, -0.25) is 0 Å². The Labute approximate surface area is 104 Å². The van der Waals surface area contributed by atoms with Crippen molar-refractivity contribution in [3.63, 3.8) is 0 Å². The molecule has 2 atom stereocenters. The van der Waals surface area contributed by atoms with Crippen LogP contribution in [0, 0.1) is 0 Å². The molecule has 1 saturated carbocycles. The maximum Gasteiger partial charge on any atom is 0.119 e. The van der Waals surface area contributed by atoms with Crippen LogP contribution in [0.3, 0.4) is 0 Å². The highest BCUT2D eigenvalue weighted by molar-refractivity contribution is 5.31. The molecule has 1 aliphatic rings. The maximum atomic E-state index is 10.1. The lowest BCUT2D eigenvalue weighted by atomic mass is 9.82. The summed E-state index contributed by atoms with van der Waals surface area (Å²) >= 11 is 0. The van der Waals surface area contributed by atoms with E-state index in [-0.39, 0.29) is 12.2 Å². The summed E-state index contributed by atoms with van der Waals surface area (Å²) in [5.74, 6) is 1.20. The number of benzene rings is 1. The molecule has 0 unspecified atom stereocenters. The van der Waals surface area contributed by atoms with Crippen molar-refractivity contribution in [3.8, 4) is 5.75 Å². The van der Waals surface area contributed by atoms with Crippen LogP contribution < -0.4 is 4.74 Å². The molecular weight excluding hydrogens is 212 g/mol. The summed E-state index contributed by atoms with van der Waals surface area (Å²) in [6.07, 6.45) is 4.41. The van der Waals surface area contributed by atoms with Gasteiger partial charge in [0.15, 0.2) is 0 Å². The Bertz CT molecular complexity index is 360. The van der Waals surface area contributed by atoms with Crippen molar-refractivity contribution in [2.45, 2.75) is 57.7 Å². The summed E-state index contributed by atoms with van der Waals surface area (Å²) in [4.78, 5) is 0. The van der Waals surface area contributed by atoms with Gasteiger partial charge < -0.3 is 9.84 Å². The molecule has 0 amide bonds. The Morgan fingerprint density at radius 3 is 2.71 bits per heavy atom. The Kier molecular flexibility index (Phi) is 4.06. The number of aliphatic hydroxyl groups excluding tert-OH is 1. The Hall–Kier alpha value is -1.02. The molecule has 1 N–H and O–H groups in total. The summed E-state index contributed by atoms with van der Waals surface area (Å²) in [7, 11) is 0. The van der Waals surface area contributed by atoms with E-state index in [9.17, 15) is 5.11 Å². The third-order valence-corrected chi connectivity index (χ3v) is 3.39. The normalized spacial score (nSPS) is 24.9. The fraction of sp³-hybridized carbons (Fsp3) is 0.600. The van der Waals surface area contributed by atoms with E-state index < -0.39 is 0 Å². The van der Waals surface area contributed by atoms with Crippen LogP contribution in [0.15, 0.2) is 24.3 Å². The van der Waals surface area contributed by atoms with Crippen LogP contribution in [-0.2, 0) is 0 Å². The summed E-state index contributed by atoms with van der Waals surface area (Å²) < 4.78 is 5.70. The molecule has 0 bridgehead atoms. The highest BCUT2D eigenvalue weighted by Crippen LogP contribution is 2.34. The lowest BCUT2D eigenvalue weighted by Gasteiger charge is -2.28. The van der Waals surface area contributed by atoms with Gasteiger partial charge in [0.05, 0.1) is 12.2 Å². The predicted octanol–water partition coefficient (Wildman–Crippen LogP) is 3.49. The highest BCUT2D eigenvalue weighted by Gasteiger charge is 2.24. The predicted molar refractivity (Wildman–Crippen MR) is 69.4 cm³/mol. The molecule has 1 aromatic carbocycles. The lowest BCUT2D eigenvalue weighted by Crippen LogP contribution is -2.22. The summed E-state index contributed by atoms with van der Waals surface area (Å²) in [5.41, 5.74) is 1.22. The molecular formula is C15H22O2. The van der Waals surface area contributed by atoms with Crippen LogP contribution >= 0.6 is 0 Å². The largest absolute Gasteiger partial charge is 0.491 e. The minimum atomic E-state index is -0.182. The van der Waals surface area contributed by atoms with E-state index in [0.717, 1.165) is 25.0 Å². The van der Waals surface area contributed by atoms with E-state index in [2.05, 4.69) is 12.1 Å². The topological polar surface area (TPSA) is 29.5 Å². The molecule has 1 aromatic rings. The minimum absolute atomic E-state index is 0.182. The highest BCUT2D eigenvalue weighted by atomic mass is 16.5. The molecule has 2 rings (SSSR count). The molecule has 0 aromatic heterocycles. The lowest BCUT2D eigenvalue weighted by molar-refractivity contribution is 0.106. The van der Waals surface area contributed by atoms with E-state index in [1.807, 2.05) is 26.0 Å². The van der Waals surface area contributed by atoms with Gasteiger partial charge in [0.1, 0.15) is 5.75 Å². The first-order valence-corrected chi connectivity index (χ1v) is 6.61. The van der Waals surface area contributed by atoms with E-state index in [4.69, 9.17) is 4.74 Å². The fourth-order valence-electron chi connectivity index (χ4n) is 2.59. The first-order valence-electron chi connectivity index (χ1n) is 6.61. The van der Waals surface area contributed by atoms with Crippen molar-refractivity contribution in [1.29, 1.82) is 0 Å². The van der Waals surface area contributed by atoms with Crippen LogP contribution in [0.25, 0.3) is 0 Å². The first kappa shape index (κ1) is 12.4. The zero-order valence-electron chi connectivity index (χ0n) is 10.7. The van der Waals surface area contributed by atoms with Gasteiger partial charge in [0, 0.05) is 5.92 Å². The molecule has 0 radical (unpaired) electrons. The summed E-state index contributed by atoms with van der Waals surface area (Å²) in [6.45, 7) is 4.06. The van der Waals surface area contributed by atoms with E-state index in [1.54, 1.807) is 0 Å². The third kappa shape index (κ3) is 3.22. The van der Waals surface area contributed by atoms with Gasteiger partial charge in [0.25, 0.3) is 0 Å². The fourth-order valence-corrected chi connectivity index (χ4v) is 2.59. The molecule has 1 fully saturated rings. The minimum Gasteiger partial charge on any atom is -0.491 e. The van der Waals surface area contributed by atoms with Gasteiger partial charge in [0.2, 0.25) is 0 Å². The number of hydrogen-bond donors (Lipinski definition) is 1. The zero-order valence-corrected chi connectivity index (χ0v) is 10.7. The Morgan fingerprint density at radius 2 is 2.00 bits per heavy atom. The van der Waals surface area contributed by atoms with Crippen LogP contribution in [0.1, 0.15) is 51.0 Å². The second-order valence-corrected chi connectivity index (χ2v) is 5.20. The SMILES string of the molecule is CC(C)Oc1cccc([C@H]2CCCC[C@H]2O)c1. The number of hydrogen-bond acceptors (Lipinski definition) is 2. The number of ether oxygens (including phenoxy) is 1. The number of aliphatic hydroxyl groups is 1. The third-order valence-electron chi connectivity index (χ3n) is 3.39. The van der Waals surface area contributed by atoms with Gasteiger partial charge in [-0.15, -0.1) is 0 Å². The zero-order chi connectivity index (χ0) is 12.3. The van der Waals surface area contributed by atoms with Crippen LogP contribution in [0.2, 0.25) is 0 Å². The Morgan fingerprint density at radius 1 is 1.24 bits per heavy atom. The van der Waals surface area contributed by atoms with E-state index in [0.29, 0.717) is 5.92 Å². The van der Waals surface area contributed by atoms with E-state index in [1.165, 1.54) is 12.0 Å². The molecule has 17 heavy (non-hydrogen) atoms. The smallest absolute Gasteiger partial charge is 0.119 e. The van der Waals surface area contributed by atoms with Crippen molar-refractivity contribution >= 4 is 0 Å². The van der Waals surface area contributed by atoms with Gasteiger partial charge in [-0.2, -0.15) is 0 Å². The second-order valence-electron chi connectivity index (χ2n) is 5.20. The van der Waals surface area contributed by atoms with Crippen LogP contribution in [0.5, 0.6) is 5.75 Å². The molecule has 0 aliphatic heterocycles. The number of rotatable bonds is 3. The summed E-state index contributed by atoms with van der Waals surface area (Å²) in [5, 5.41) is 10.1. The van der Waals surface area contributed by atoms with E-state index >= 15 is 0 Å². The molecule has 0 heterocycles. The van der Waals surface area contributed by atoms with Crippen molar-refractivity contribution in [2.24, 2.45) is 0 Å². The monoisotopic (exact) mass is 234 g/mol. The van der Waals surface area contributed by atoms with Crippen LogP contribution in [-0.4, -0.2) is 17.3 Å². The molecule has 2 heteroatoms. The molecule has 0 spiro atoms. The first-order chi connectivity index (χ1) is 8.16. The standard InChI is InChI=1S/C15H22O2/c1-11(2)17-13-7-5-6-12(10-13)14-8-3-4-9-15(14)16/h5-7,10-11,14-16H,3-4,8-9H2,1-2H3/t14-,15-/m1/s1. The molecule has 1 aliphatic carbocycles. The Balaban J connectivity index is 2.14. The second kappa shape index (κ2) is 5.54. The average molecular weight is 234 g/mol. The van der Waals surface area contributed by atoms with Gasteiger partial charge in [-0.1, -0.05) is 25.0 Å². The van der Waals surface area contributed by atoms with Crippen molar-refractivity contribution < 1.29 is 9.84 Å². The van der Waals surface area contributed by atoms with Crippen LogP contribution in [0.4, 0.5) is 0 Å². The van der Waals surface area contributed by atoms with Crippen molar-refractivity contribution in [2.75, 3.05) is 0 Å². The molecule has 2 nitrogen and oxygen atoms in total. The summed E-state index contributed by atoms with van der Waals surface area (Å²) in [6, 6.07) is 8.19. The molecule has 0 saturated heterocycles. The van der Waals surface area contributed by atoms with Gasteiger partial charge >= 0.3 is 0 Å². The van der Waals surface area contributed by atoms with Crippen molar-refractivity contribution in [1.82, 2.24) is 0 Å². The molecule has 94 valence electrons. The van der Waals surface area contributed by atoms with Crippen molar-refractivity contribution in [3.05, 3.63) is 29.8 Å². The van der Waals surface area contributed by atoms with Gasteiger partial charge in [-0.25, -0.2) is 0 Å². The van der Waals surface area contributed by atoms with Gasteiger partial charge in [-0.05, 0) is 44.4 Å². The quantitative estimate of drug-likeness (QED) is 0.867.